The highest BCUT2D eigenvalue weighted by molar-refractivity contribution is 14.0. The number of nitrogens with zero attached hydrogens (tertiary/aromatic N) is 2. The molecular formula is C23H35IN4O. The van der Waals surface area contributed by atoms with Gasteiger partial charge in [-0.1, -0.05) is 38.1 Å². The van der Waals surface area contributed by atoms with Crippen molar-refractivity contribution in [2.75, 3.05) is 19.7 Å². The Balaban J connectivity index is 0.00000420. The first kappa shape index (κ1) is 25.4. The van der Waals surface area contributed by atoms with Gasteiger partial charge in [0.2, 0.25) is 0 Å². The second kappa shape index (κ2) is 14.3. The van der Waals surface area contributed by atoms with E-state index < -0.39 is 0 Å². The van der Waals surface area contributed by atoms with E-state index in [9.17, 15) is 5.11 Å². The second-order valence-electron chi connectivity index (χ2n) is 7.50. The van der Waals surface area contributed by atoms with Crippen LogP contribution in [0.3, 0.4) is 0 Å². The summed E-state index contributed by atoms with van der Waals surface area (Å²) in [6.45, 7) is 8.97. The van der Waals surface area contributed by atoms with E-state index in [2.05, 4.69) is 60.7 Å². The number of aromatic nitrogens is 1. The van der Waals surface area contributed by atoms with Crippen molar-refractivity contribution in [2.45, 2.75) is 40.2 Å². The van der Waals surface area contributed by atoms with Crippen LogP contribution in [0.4, 0.5) is 0 Å². The molecule has 29 heavy (non-hydrogen) atoms. The third-order valence-electron chi connectivity index (χ3n) is 4.55. The fraction of sp³-hybridized carbons (Fsp3) is 0.478. The van der Waals surface area contributed by atoms with Crippen LogP contribution in [0.15, 0.2) is 53.7 Å². The number of aliphatic hydroxyl groups excluding tert-OH is 1. The van der Waals surface area contributed by atoms with Crippen molar-refractivity contribution >= 4 is 29.9 Å². The molecule has 1 heterocycles. The molecule has 0 spiro atoms. The molecule has 0 saturated carbocycles. The number of hydrogen-bond acceptors (Lipinski definition) is 3. The third-order valence-corrected chi connectivity index (χ3v) is 4.55. The summed E-state index contributed by atoms with van der Waals surface area (Å²) >= 11 is 0. The van der Waals surface area contributed by atoms with Crippen LogP contribution in [0.1, 0.15) is 39.2 Å². The Bertz CT molecular complexity index is 722. The molecule has 160 valence electrons. The quantitative estimate of drug-likeness (QED) is 0.251. The van der Waals surface area contributed by atoms with Crippen LogP contribution < -0.4 is 10.6 Å². The molecule has 1 unspecified atom stereocenters. The number of halogens is 1. The largest absolute Gasteiger partial charge is 0.396 e. The predicted molar refractivity (Wildman–Crippen MR) is 133 cm³/mol. The van der Waals surface area contributed by atoms with Crippen LogP contribution in [-0.4, -0.2) is 35.7 Å². The minimum Gasteiger partial charge on any atom is -0.396 e. The fourth-order valence-corrected chi connectivity index (χ4v) is 3.27. The van der Waals surface area contributed by atoms with Gasteiger partial charge in [0.05, 0.1) is 12.2 Å². The van der Waals surface area contributed by atoms with E-state index in [1.807, 2.05) is 24.4 Å². The number of hydrogen-bond donors (Lipinski definition) is 3. The highest BCUT2D eigenvalue weighted by Crippen LogP contribution is 2.18. The minimum absolute atomic E-state index is 0. The van der Waals surface area contributed by atoms with Gasteiger partial charge in [0.25, 0.3) is 0 Å². The summed E-state index contributed by atoms with van der Waals surface area (Å²) in [5, 5.41) is 16.1. The highest BCUT2D eigenvalue weighted by Gasteiger charge is 2.11. The van der Waals surface area contributed by atoms with E-state index in [4.69, 9.17) is 4.99 Å². The molecule has 0 amide bonds. The second-order valence-corrected chi connectivity index (χ2v) is 7.50. The number of rotatable bonds is 10. The number of pyridine rings is 1. The van der Waals surface area contributed by atoms with E-state index in [-0.39, 0.29) is 30.6 Å². The average molecular weight is 510 g/mol. The lowest BCUT2D eigenvalue weighted by molar-refractivity contribution is 0.243. The van der Waals surface area contributed by atoms with Gasteiger partial charge in [0, 0.05) is 31.5 Å². The topological polar surface area (TPSA) is 69.5 Å². The van der Waals surface area contributed by atoms with Gasteiger partial charge < -0.3 is 15.7 Å². The molecule has 1 atom stereocenters. The van der Waals surface area contributed by atoms with E-state index in [0.717, 1.165) is 48.7 Å². The van der Waals surface area contributed by atoms with Crippen molar-refractivity contribution < 1.29 is 5.11 Å². The molecule has 3 N–H and O–H groups in total. The number of guanidine groups is 1. The van der Waals surface area contributed by atoms with Crippen LogP contribution in [0.5, 0.6) is 0 Å². The molecule has 0 radical (unpaired) electrons. The molecule has 0 aliphatic rings. The van der Waals surface area contributed by atoms with Gasteiger partial charge in [-0.15, -0.1) is 24.0 Å². The van der Waals surface area contributed by atoms with Crippen LogP contribution in [-0.2, 0) is 6.54 Å². The highest BCUT2D eigenvalue weighted by atomic mass is 127. The van der Waals surface area contributed by atoms with Gasteiger partial charge in [0.1, 0.15) is 0 Å². The number of aliphatic imine (C=N–C) groups is 1. The zero-order valence-corrected chi connectivity index (χ0v) is 20.1. The molecule has 5 nitrogen and oxygen atoms in total. The van der Waals surface area contributed by atoms with Gasteiger partial charge in [-0.2, -0.15) is 0 Å². The summed E-state index contributed by atoms with van der Waals surface area (Å²) in [6.07, 6.45) is 3.73. The van der Waals surface area contributed by atoms with Gasteiger partial charge in [-0.3, -0.25) is 4.98 Å². The number of aliphatic hydroxyl groups is 1. The lowest BCUT2D eigenvalue weighted by Gasteiger charge is -2.20. The Morgan fingerprint density at radius 2 is 1.97 bits per heavy atom. The molecule has 2 aromatic rings. The van der Waals surface area contributed by atoms with Gasteiger partial charge in [0.15, 0.2) is 5.96 Å². The molecule has 2 rings (SSSR count). The van der Waals surface area contributed by atoms with Crippen molar-refractivity contribution in [1.29, 1.82) is 0 Å². The summed E-state index contributed by atoms with van der Waals surface area (Å²) < 4.78 is 0. The van der Waals surface area contributed by atoms with Gasteiger partial charge >= 0.3 is 0 Å². The molecule has 0 saturated heterocycles. The van der Waals surface area contributed by atoms with Crippen molar-refractivity contribution in [3.63, 3.8) is 0 Å². The molecule has 6 heteroatoms. The SMILES string of the molecule is CCNC(=NCc1cccc(-c2ccccn2)c1)NCC(CCO)CC(C)C.I. The molecular weight excluding hydrogens is 475 g/mol. The van der Waals surface area contributed by atoms with E-state index in [0.29, 0.717) is 18.4 Å². The van der Waals surface area contributed by atoms with Crippen molar-refractivity contribution in [2.24, 2.45) is 16.8 Å². The van der Waals surface area contributed by atoms with Crippen LogP contribution in [0, 0.1) is 11.8 Å². The van der Waals surface area contributed by atoms with Crippen molar-refractivity contribution in [3.8, 4) is 11.3 Å². The molecule has 0 aliphatic carbocycles. The minimum atomic E-state index is 0. The van der Waals surface area contributed by atoms with Crippen LogP contribution in [0.2, 0.25) is 0 Å². The molecule has 0 bridgehead atoms. The Kier molecular flexibility index (Phi) is 12.5. The van der Waals surface area contributed by atoms with Crippen LogP contribution in [0.25, 0.3) is 11.3 Å². The summed E-state index contributed by atoms with van der Waals surface area (Å²) in [4.78, 5) is 9.16. The molecule has 1 aromatic heterocycles. The monoisotopic (exact) mass is 510 g/mol. The molecule has 0 aliphatic heterocycles. The summed E-state index contributed by atoms with van der Waals surface area (Å²) in [5.41, 5.74) is 3.22. The Morgan fingerprint density at radius 1 is 1.14 bits per heavy atom. The smallest absolute Gasteiger partial charge is 0.191 e. The summed E-state index contributed by atoms with van der Waals surface area (Å²) in [7, 11) is 0. The van der Waals surface area contributed by atoms with E-state index in [1.54, 1.807) is 0 Å². The first-order valence-corrected chi connectivity index (χ1v) is 10.3. The van der Waals surface area contributed by atoms with Gasteiger partial charge in [-0.25, -0.2) is 4.99 Å². The first-order valence-electron chi connectivity index (χ1n) is 10.3. The van der Waals surface area contributed by atoms with E-state index in [1.165, 1.54) is 0 Å². The molecule has 1 aromatic carbocycles. The lowest BCUT2D eigenvalue weighted by Crippen LogP contribution is -2.40. The van der Waals surface area contributed by atoms with E-state index >= 15 is 0 Å². The van der Waals surface area contributed by atoms with Crippen molar-refractivity contribution in [3.05, 3.63) is 54.2 Å². The fourth-order valence-electron chi connectivity index (χ4n) is 3.27. The lowest BCUT2D eigenvalue weighted by atomic mass is 9.94. The Labute approximate surface area is 192 Å². The van der Waals surface area contributed by atoms with Crippen molar-refractivity contribution in [1.82, 2.24) is 15.6 Å². The zero-order valence-electron chi connectivity index (χ0n) is 17.8. The molecule has 0 fully saturated rings. The number of nitrogens with one attached hydrogen (secondary N) is 2. The first-order chi connectivity index (χ1) is 13.6. The predicted octanol–water partition coefficient (Wildman–Crippen LogP) is 4.47. The normalized spacial score (nSPS) is 12.4. The zero-order chi connectivity index (χ0) is 20.2. The summed E-state index contributed by atoms with van der Waals surface area (Å²) in [6, 6.07) is 14.3. The maximum absolute atomic E-state index is 9.31. The third kappa shape index (κ3) is 9.58. The Hall–Kier alpha value is -1.67. The Morgan fingerprint density at radius 3 is 2.62 bits per heavy atom. The summed E-state index contributed by atoms with van der Waals surface area (Å²) in [5.74, 6) is 1.88. The number of benzene rings is 1. The average Bonchev–Trinajstić information content (AvgIpc) is 2.70. The maximum Gasteiger partial charge on any atom is 0.191 e. The van der Waals surface area contributed by atoms with Gasteiger partial charge in [-0.05, 0) is 55.4 Å². The van der Waals surface area contributed by atoms with Crippen LogP contribution >= 0.6 is 24.0 Å². The maximum atomic E-state index is 9.31. The standard InChI is InChI=1S/C23H34N4O.HI/c1-4-24-23(27-17-20(11-13-28)14-18(2)3)26-16-19-8-7-9-21(15-19)22-10-5-6-12-25-22;/h5-10,12,15,18,20,28H,4,11,13-14,16-17H2,1-3H3,(H2,24,26,27);1H.